The Bertz CT molecular complexity index is 610. The van der Waals surface area contributed by atoms with E-state index in [0.29, 0.717) is 31.9 Å². The minimum atomic E-state index is -0.754. The molecule has 2 saturated heterocycles. The van der Waals surface area contributed by atoms with Gasteiger partial charge in [0.05, 0.1) is 17.8 Å². The summed E-state index contributed by atoms with van der Waals surface area (Å²) in [6, 6.07) is 8.20. The molecule has 25 heavy (non-hydrogen) atoms. The van der Waals surface area contributed by atoms with Crippen molar-refractivity contribution < 1.29 is 19.4 Å². The van der Waals surface area contributed by atoms with Crippen LogP contribution < -0.4 is 0 Å². The number of likely N-dealkylation sites (tertiary alicyclic amines) is 1. The van der Waals surface area contributed by atoms with Crippen LogP contribution in [0.2, 0.25) is 0 Å². The molecule has 2 aliphatic heterocycles. The molecule has 1 N–H and O–H groups in total. The van der Waals surface area contributed by atoms with Gasteiger partial charge in [-0.3, -0.25) is 9.59 Å². The zero-order valence-electron chi connectivity index (χ0n) is 14.5. The molecule has 2 heterocycles. The van der Waals surface area contributed by atoms with Gasteiger partial charge in [-0.25, -0.2) is 0 Å². The molecule has 1 amide bonds. The Balaban J connectivity index is 1.46. The number of rotatable bonds is 5. The van der Waals surface area contributed by atoms with Gasteiger partial charge in [-0.05, 0) is 44.2 Å². The molecule has 3 rings (SSSR count). The number of ether oxygens (including phenoxy) is 1. The SMILES string of the molecule is Cc1ccc(SCC(=O)N2CCC([C@@H]3OCCC3C(=O)O)CC2)cc1. The number of carbonyl (C=O) groups is 2. The molecule has 136 valence electrons. The lowest BCUT2D eigenvalue weighted by Gasteiger charge is -2.35. The van der Waals surface area contributed by atoms with E-state index < -0.39 is 5.97 Å². The summed E-state index contributed by atoms with van der Waals surface area (Å²) in [5.74, 6) is -0.283. The lowest BCUT2D eigenvalue weighted by atomic mass is 9.84. The first kappa shape index (κ1) is 18.3. The summed E-state index contributed by atoms with van der Waals surface area (Å²) >= 11 is 1.57. The minimum Gasteiger partial charge on any atom is -0.481 e. The number of hydrogen-bond donors (Lipinski definition) is 1. The third-order valence-corrected chi connectivity index (χ3v) is 6.19. The Morgan fingerprint density at radius 3 is 2.52 bits per heavy atom. The van der Waals surface area contributed by atoms with Crippen LogP contribution in [0.1, 0.15) is 24.8 Å². The number of amides is 1. The summed E-state index contributed by atoms with van der Waals surface area (Å²) in [6.07, 6.45) is 2.08. The van der Waals surface area contributed by atoms with Crippen molar-refractivity contribution in [2.45, 2.75) is 37.2 Å². The van der Waals surface area contributed by atoms with Crippen LogP contribution in [0.25, 0.3) is 0 Å². The van der Waals surface area contributed by atoms with Crippen LogP contribution in [0, 0.1) is 18.8 Å². The third-order valence-electron chi connectivity index (χ3n) is 5.19. The number of carboxylic acids is 1. The Morgan fingerprint density at radius 1 is 1.20 bits per heavy atom. The molecule has 0 spiro atoms. The lowest BCUT2D eigenvalue weighted by molar-refractivity contribution is -0.145. The van der Waals surface area contributed by atoms with Gasteiger partial charge in [0.2, 0.25) is 5.91 Å². The predicted octanol–water partition coefficient (Wildman–Crippen LogP) is 2.82. The first-order chi connectivity index (χ1) is 12.0. The van der Waals surface area contributed by atoms with Crippen LogP contribution in [0.15, 0.2) is 29.2 Å². The first-order valence-corrected chi connectivity index (χ1v) is 9.85. The number of aliphatic carboxylic acids is 1. The Morgan fingerprint density at radius 2 is 1.88 bits per heavy atom. The fraction of sp³-hybridized carbons (Fsp3) is 0.579. The maximum Gasteiger partial charge on any atom is 0.309 e. The fourth-order valence-corrected chi connectivity index (χ4v) is 4.49. The van der Waals surface area contributed by atoms with Crippen molar-refractivity contribution in [1.29, 1.82) is 0 Å². The number of carbonyl (C=O) groups excluding carboxylic acids is 1. The fourth-order valence-electron chi connectivity index (χ4n) is 3.69. The van der Waals surface area contributed by atoms with Crippen LogP contribution in [-0.4, -0.2) is 53.4 Å². The monoisotopic (exact) mass is 363 g/mol. The second kappa shape index (κ2) is 8.23. The molecule has 1 unspecified atom stereocenters. The summed E-state index contributed by atoms with van der Waals surface area (Å²) in [4.78, 5) is 26.8. The van der Waals surface area contributed by atoms with E-state index >= 15 is 0 Å². The van der Waals surface area contributed by atoms with E-state index in [-0.39, 0.29) is 23.8 Å². The number of hydrogen-bond acceptors (Lipinski definition) is 4. The summed E-state index contributed by atoms with van der Waals surface area (Å²) in [6.45, 7) is 3.98. The Kier molecular flexibility index (Phi) is 6.02. The molecule has 6 heteroatoms. The summed E-state index contributed by atoms with van der Waals surface area (Å²) in [7, 11) is 0. The average molecular weight is 363 g/mol. The largest absolute Gasteiger partial charge is 0.481 e. The number of thioether (sulfide) groups is 1. The predicted molar refractivity (Wildman–Crippen MR) is 96.7 cm³/mol. The lowest BCUT2D eigenvalue weighted by Crippen LogP contribution is -2.43. The third kappa shape index (κ3) is 4.55. The van der Waals surface area contributed by atoms with Gasteiger partial charge >= 0.3 is 5.97 Å². The molecule has 2 atom stereocenters. The quantitative estimate of drug-likeness (QED) is 0.815. The molecule has 0 radical (unpaired) electrons. The molecular formula is C19H25NO4S. The molecule has 1 aromatic carbocycles. The van der Waals surface area contributed by atoms with E-state index in [1.54, 1.807) is 11.8 Å². The second-order valence-corrected chi connectivity index (χ2v) is 7.94. The summed E-state index contributed by atoms with van der Waals surface area (Å²) in [5, 5.41) is 9.30. The van der Waals surface area contributed by atoms with Crippen LogP contribution in [0.4, 0.5) is 0 Å². The van der Waals surface area contributed by atoms with Crippen molar-refractivity contribution in [2.24, 2.45) is 11.8 Å². The Hall–Kier alpha value is -1.53. The molecule has 2 aliphatic rings. The number of piperidine rings is 1. The number of nitrogens with zero attached hydrogens (tertiary/aromatic N) is 1. The van der Waals surface area contributed by atoms with Crippen LogP contribution in [0.5, 0.6) is 0 Å². The van der Waals surface area contributed by atoms with Crippen LogP contribution >= 0.6 is 11.8 Å². The highest BCUT2D eigenvalue weighted by atomic mass is 32.2. The smallest absolute Gasteiger partial charge is 0.309 e. The van der Waals surface area contributed by atoms with E-state index in [2.05, 4.69) is 12.1 Å². The van der Waals surface area contributed by atoms with Crippen molar-refractivity contribution in [2.75, 3.05) is 25.4 Å². The summed E-state index contributed by atoms with van der Waals surface area (Å²) in [5.41, 5.74) is 1.21. The van der Waals surface area contributed by atoms with Gasteiger partial charge in [0.15, 0.2) is 0 Å². The van der Waals surface area contributed by atoms with Gasteiger partial charge in [0, 0.05) is 24.6 Å². The number of carboxylic acid groups (broad SMARTS) is 1. The molecule has 0 aliphatic carbocycles. The van der Waals surface area contributed by atoms with Crippen molar-refractivity contribution >= 4 is 23.6 Å². The van der Waals surface area contributed by atoms with Crippen molar-refractivity contribution in [3.05, 3.63) is 29.8 Å². The van der Waals surface area contributed by atoms with Crippen LogP contribution in [0.3, 0.4) is 0 Å². The highest BCUT2D eigenvalue weighted by Crippen LogP contribution is 2.33. The molecule has 0 bridgehead atoms. The standard InChI is InChI=1S/C19H25NO4S/c1-13-2-4-15(5-3-13)25-12-17(21)20-9-6-14(7-10-20)18-16(19(22)23)8-11-24-18/h2-5,14,16,18H,6-12H2,1H3,(H,22,23)/t16?,18-/m0/s1. The second-order valence-electron chi connectivity index (χ2n) is 6.89. The topological polar surface area (TPSA) is 66.8 Å². The molecule has 1 aromatic rings. The van der Waals surface area contributed by atoms with Crippen molar-refractivity contribution in [3.8, 4) is 0 Å². The van der Waals surface area contributed by atoms with Crippen molar-refractivity contribution in [1.82, 2.24) is 4.90 Å². The molecule has 0 aromatic heterocycles. The zero-order chi connectivity index (χ0) is 17.8. The van der Waals surface area contributed by atoms with Gasteiger partial charge in [-0.2, -0.15) is 0 Å². The molecule has 5 nitrogen and oxygen atoms in total. The maximum atomic E-state index is 12.4. The highest BCUT2D eigenvalue weighted by Gasteiger charge is 2.40. The average Bonchev–Trinajstić information content (AvgIpc) is 3.11. The van der Waals surface area contributed by atoms with E-state index in [0.717, 1.165) is 17.7 Å². The Labute approximate surface area is 152 Å². The highest BCUT2D eigenvalue weighted by molar-refractivity contribution is 8.00. The first-order valence-electron chi connectivity index (χ1n) is 8.86. The van der Waals surface area contributed by atoms with Gasteiger partial charge in [0.1, 0.15) is 0 Å². The number of benzene rings is 1. The zero-order valence-corrected chi connectivity index (χ0v) is 15.3. The van der Waals surface area contributed by atoms with Gasteiger partial charge < -0.3 is 14.7 Å². The van der Waals surface area contributed by atoms with E-state index in [1.165, 1.54) is 5.56 Å². The van der Waals surface area contributed by atoms with Gasteiger partial charge in [-0.15, -0.1) is 11.8 Å². The van der Waals surface area contributed by atoms with E-state index in [9.17, 15) is 14.7 Å². The van der Waals surface area contributed by atoms with Gasteiger partial charge in [-0.1, -0.05) is 17.7 Å². The van der Waals surface area contributed by atoms with Crippen molar-refractivity contribution in [3.63, 3.8) is 0 Å². The van der Waals surface area contributed by atoms with E-state index in [4.69, 9.17) is 4.74 Å². The normalized spacial score (nSPS) is 24.4. The molecule has 0 saturated carbocycles. The van der Waals surface area contributed by atoms with E-state index in [1.807, 2.05) is 24.0 Å². The molecule has 2 fully saturated rings. The summed E-state index contributed by atoms with van der Waals surface area (Å²) < 4.78 is 5.69. The van der Waals surface area contributed by atoms with Gasteiger partial charge in [0.25, 0.3) is 0 Å². The minimum absolute atomic E-state index is 0.158. The van der Waals surface area contributed by atoms with Crippen LogP contribution in [-0.2, 0) is 14.3 Å². The molecular weight excluding hydrogens is 338 g/mol. The number of aryl methyl sites for hydroxylation is 1. The maximum absolute atomic E-state index is 12.4.